The van der Waals surface area contributed by atoms with Gasteiger partial charge >= 0.3 is 0 Å². The zero-order chi connectivity index (χ0) is 18.4. The van der Waals surface area contributed by atoms with Gasteiger partial charge in [0.15, 0.2) is 0 Å². The normalized spacial score (nSPS) is 17.8. The van der Waals surface area contributed by atoms with E-state index in [0.29, 0.717) is 6.61 Å². The van der Waals surface area contributed by atoms with Gasteiger partial charge in [-0.25, -0.2) is 0 Å². The summed E-state index contributed by atoms with van der Waals surface area (Å²) >= 11 is 0. The lowest BCUT2D eigenvalue weighted by molar-refractivity contribution is 0.106. The molecule has 0 aromatic carbocycles. The standard InChI is InChI=1S/C20H31N5O/c1-19(2,18-15-5-9-21-12-16(15)23-24-18)7-8-20(3,4)25-17-6-10-26-13-14(17)11-22-25/h11,21H,5-10,12-13H2,1-4H3,(H,23,24). The molecule has 0 saturated heterocycles. The number of nitrogens with zero attached hydrogens (tertiary/aromatic N) is 3. The average molecular weight is 358 g/mol. The Balaban J connectivity index is 1.52. The quantitative estimate of drug-likeness (QED) is 0.863. The van der Waals surface area contributed by atoms with Crippen LogP contribution in [0.2, 0.25) is 0 Å². The molecule has 0 bridgehead atoms. The van der Waals surface area contributed by atoms with Crippen LogP contribution in [-0.4, -0.2) is 33.1 Å². The highest BCUT2D eigenvalue weighted by atomic mass is 16.5. The van der Waals surface area contributed by atoms with Gasteiger partial charge in [-0.3, -0.25) is 9.78 Å². The van der Waals surface area contributed by atoms with Crippen LogP contribution in [-0.2, 0) is 41.7 Å². The highest BCUT2D eigenvalue weighted by molar-refractivity contribution is 5.32. The second-order valence-electron chi connectivity index (χ2n) is 8.98. The number of fused-ring (bicyclic) bond motifs is 2. The van der Waals surface area contributed by atoms with Crippen LogP contribution in [0, 0.1) is 0 Å². The lowest BCUT2D eigenvalue weighted by Crippen LogP contribution is -2.33. The SMILES string of the molecule is CC(C)(CCC(C)(C)n1ncc2c1CCOC2)c1n[nH]c2c1CCNC2. The van der Waals surface area contributed by atoms with Crippen LogP contribution in [0.25, 0.3) is 0 Å². The summed E-state index contributed by atoms with van der Waals surface area (Å²) in [5.41, 5.74) is 6.58. The summed E-state index contributed by atoms with van der Waals surface area (Å²) in [5, 5.41) is 16.1. The van der Waals surface area contributed by atoms with E-state index in [2.05, 4.69) is 42.8 Å². The Morgan fingerprint density at radius 3 is 2.88 bits per heavy atom. The number of H-pyrrole nitrogens is 1. The number of aromatic amines is 1. The van der Waals surface area contributed by atoms with Gasteiger partial charge in [0.05, 0.1) is 36.3 Å². The molecule has 2 aliphatic rings. The van der Waals surface area contributed by atoms with Crippen molar-refractivity contribution in [2.45, 2.75) is 77.5 Å². The Kier molecular flexibility index (Phi) is 4.43. The van der Waals surface area contributed by atoms with E-state index in [-0.39, 0.29) is 11.0 Å². The van der Waals surface area contributed by atoms with Crippen molar-refractivity contribution in [1.29, 1.82) is 0 Å². The average Bonchev–Trinajstić information content (AvgIpc) is 3.25. The van der Waals surface area contributed by atoms with Crippen LogP contribution < -0.4 is 5.32 Å². The van der Waals surface area contributed by atoms with Crippen LogP contribution in [0.4, 0.5) is 0 Å². The van der Waals surface area contributed by atoms with Crippen LogP contribution in [0.1, 0.15) is 68.7 Å². The van der Waals surface area contributed by atoms with Crippen LogP contribution in [0.3, 0.4) is 0 Å². The van der Waals surface area contributed by atoms with Crippen LogP contribution >= 0.6 is 0 Å². The van der Waals surface area contributed by atoms with E-state index >= 15 is 0 Å². The molecule has 2 aromatic rings. The van der Waals surface area contributed by atoms with Crippen molar-refractivity contribution < 1.29 is 4.74 Å². The van der Waals surface area contributed by atoms with Gasteiger partial charge in [-0.1, -0.05) is 13.8 Å². The molecule has 2 aromatic heterocycles. The summed E-state index contributed by atoms with van der Waals surface area (Å²) in [7, 11) is 0. The number of hydrogen-bond donors (Lipinski definition) is 2. The van der Waals surface area contributed by atoms with Crippen molar-refractivity contribution in [3.05, 3.63) is 34.4 Å². The molecule has 2 aliphatic heterocycles. The summed E-state index contributed by atoms with van der Waals surface area (Å²) < 4.78 is 7.81. The van der Waals surface area contributed by atoms with Crippen LogP contribution in [0.15, 0.2) is 6.20 Å². The molecule has 142 valence electrons. The van der Waals surface area contributed by atoms with Gasteiger partial charge in [0.25, 0.3) is 0 Å². The minimum Gasteiger partial charge on any atom is -0.376 e. The zero-order valence-corrected chi connectivity index (χ0v) is 16.5. The zero-order valence-electron chi connectivity index (χ0n) is 16.5. The van der Waals surface area contributed by atoms with Crippen molar-refractivity contribution in [2.24, 2.45) is 0 Å². The molecule has 0 unspecified atom stereocenters. The monoisotopic (exact) mass is 357 g/mol. The van der Waals surface area contributed by atoms with E-state index < -0.39 is 0 Å². The minimum atomic E-state index is -0.0138. The second-order valence-corrected chi connectivity index (χ2v) is 8.98. The number of rotatable bonds is 5. The smallest absolute Gasteiger partial charge is 0.0750 e. The summed E-state index contributed by atoms with van der Waals surface area (Å²) in [5.74, 6) is 0. The van der Waals surface area contributed by atoms with E-state index in [0.717, 1.165) is 45.4 Å². The topological polar surface area (TPSA) is 67.8 Å². The molecule has 0 radical (unpaired) electrons. The summed E-state index contributed by atoms with van der Waals surface area (Å²) in [6.45, 7) is 12.7. The van der Waals surface area contributed by atoms with E-state index in [9.17, 15) is 0 Å². The molecule has 0 aliphatic carbocycles. The van der Waals surface area contributed by atoms with E-state index in [4.69, 9.17) is 14.9 Å². The Morgan fingerprint density at radius 2 is 2.04 bits per heavy atom. The number of ether oxygens (including phenoxy) is 1. The highest BCUT2D eigenvalue weighted by Crippen LogP contribution is 2.36. The van der Waals surface area contributed by atoms with Crippen molar-refractivity contribution in [3.8, 4) is 0 Å². The highest BCUT2D eigenvalue weighted by Gasteiger charge is 2.33. The first-order valence-electron chi connectivity index (χ1n) is 9.80. The van der Waals surface area contributed by atoms with Gasteiger partial charge < -0.3 is 10.1 Å². The van der Waals surface area contributed by atoms with Crippen molar-refractivity contribution in [2.75, 3.05) is 13.2 Å². The molecule has 6 heteroatoms. The molecular formula is C20H31N5O. The molecule has 0 amide bonds. The van der Waals surface area contributed by atoms with E-state index in [1.165, 1.54) is 28.2 Å². The van der Waals surface area contributed by atoms with Gasteiger partial charge in [-0.05, 0) is 45.2 Å². The molecule has 0 spiro atoms. The molecule has 6 nitrogen and oxygen atoms in total. The Morgan fingerprint density at radius 1 is 1.19 bits per heavy atom. The fraction of sp³-hybridized carbons (Fsp3) is 0.700. The van der Waals surface area contributed by atoms with Gasteiger partial charge in [-0.2, -0.15) is 10.2 Å². The minimum absolute atomic E-state index is 0.0138. The largest absolute Gasteiger partial charge is 0.376 e. The third-order valence-electron chi connectivity index (χ3n) is 6.08. The first kappa shape index (κ1) is 17.7. The first-order chi connectivity index (χ1) is 12.4. The predicted molar refractivity (Wildman–Crippen MR) is 101 cm³/mol. The Hall–Kier alpha value is -1.66. The van der Waals surface area contributed by atoms with Crippen LogP contribution in [0.5, 0.6) is 0 Å². The number of hydrogen-bond acceptors (Lipinski definition) is 4. The van der Waals surface area contributed by atoms with E-state index in [1.807, 2.05) is 6.20 Å². The van der Waals surface area contributed by atoms with Crippen molar-refractivity contribution >= 4 is 0 Å². The molecule has 0 atom stereocenters. The fourth-order valence-corrected chi connectivity index (χ4v) is 4.31. The molecule has 2 N–H and O–H groups in total. The second kappa shape index (κ2) is 6.50. The van der Waals surface area contributed by atoms with Gasteiger partial charge in [0.2, 0.25) is 0 Å². The van der Waals surface area contributed by atoms with Gasteiger partial charge in [0, 0.05) is 29.6 Å². The molecule has 4 rings (SSSR count). The molecule has 0 fully saturated rings. The number of aromatic nitrogens is 4. The third-order valence-corrected chi connectivity index (χ3v) is 6.08. The molecular weight excluding hydrogens is 326 g/mol. The van der Waals surface area contributed by atoms with Crippen molar-refractivity contribution in [3.63, 3.8) is 0 Å². The summed E-state index contributed by atoms with van der Waals surface area (Å²) in [6, 6.07) is 0. The maximum atomic E-state index is 5.57. The summed E-state index contributed by atoms with van der Waals surface area (Å²) in [4.78, 5) is 0. The van der Waals surface area contributed by atoms with Gasteiger partial charge in [0.1, 0.15) is 0 Å². The molecule has 26 heavy (non-hydrogen) atoms. The molecule has 4 heterocycles. The lowest BCUT2D eigenvalue weighted by Gasteiger charge is -2.33. The number of nitrogens with one attached hydrogen (secondary N) is 2. The maximum Gasteiger partial charge on any atom is 0.0750 e. The predicted octanol–water partition coefficient (Wildman–Crippen LogP) is 2.82. The lowest BCUT2D eigenvalue weighted by atomic mass is 9.78. The summed E-state index contributed by atoms with van der Waals surface area (Å²) in [6.07, 6.45) is 6.16. The first-order valence-corrected chi connectivity index (χ1v) is 9.80. The Bertz CT molecular complexity index is 720. The molecule has 0 saturated carbocycles. The van der Waals surface area contributed by atoms with Gasteiger partial charge in [-0.15, -0.1) is 0 Å². The third kappa shape index (κ3) is 3.09. The van der Waals surface area contributed by atoms with Crippen molar-refractivity contribution in [1.82, 2.24) is 25.3 Å². The fourth-order valence-electron chi connectivity index (χ4n) is 4.31. The van der Waals surface area contributed by atoms with E-state index in [1.54, 1.807) is 0 Å². The maximum absolute atomic E-state index is 5.57. The Labute approximate surface area is 155 Å².